The first-order valence-corrected chi connectivity index (χ1v) is 7.79. The van der Waals surface area contributed by atoms with E-state index in [1.165, 1.54) is 12.8 Å². The van der Waals surface area contributed by atoms with E-state index in [1.54, 1.807) is 0 Å². The Kier molecular flexibility index (Phi) is 4.25. The molecule has 4 nitrogen and oxygen atoms in total. The summed E-state index contributed by atoms with van der Waals surface area (Å²) < 4.78 is 0. The van der Waals surface area contributed by atoms with Crippen LogP contribution in [-0.4, -0.2) is 30.0 Å². The molecule has 2 unspecified atom stereocenters. The van der Waals surface area contributed by atoms with Crippen LogP contribution in [0.3, 0.4) is 0 Å². The lowest BCUT2D eigenvalue weighted by atomic mass is 9.92. The van der Waals surface area contributed by atoms with Gasteiger partial charge in [-0.25, -0.2) is 0 Å². The number of hydrogen-bond donors (Lipinski definition) is 3. The third-order valence-corrected chi connectivity index (χ3v) is 4.46. The lowest BCUT2D eigenvalue weighted by molar-refractivity contribution is -0.121. The molecule has 0 bridgehead atoms. The van der Waals surface area contributed by atoms with E-state index in [1.807, 2.05) is 24.4 Å². The number of piperidine rings is 1. The Balaban J connectivity index is 1.61. The smallest absolute Gasteiger partial charge is 0.224 e. The van der Waals surface area contributed by atoms with Crippen molar-refractivity contribution >= 4 is 16.8 Å². The number of fused-ring (bicyclic) bond motifs is 1. The largest absolute Gasteiger partial charge is 0.361 e. The molecule has 0 radical (unpaired) electrons. The molecule has 1 aliphatic heterocycles. The van der Waals surface area contributed by atoms with Gasteiger partial charge >= 0.3 is 0 Å². The van der Waals surface area contributed by atoms with E-state index in [-0.39, 0.29) is 11.9 Å². The van der Waals surface area contributed by atoms with Crippen molar-refractivity contribution in [3.63, 3.8) is 0 Å². The van der Waals surface area contributed by atoms with Crippen molar-refractivity contribution in [2.24, 2.45) is 5.92 Å². The third kappa shape index (κ3) is 3.27. The highest BCUT2D eigenvalue weighted by molar-refractivity contribution is 5.88. The minimum Gasteiger partial charge on any atom is -0.361 e. The Bertz CT molecular complexity index is 613. The SMILES string of the molecule is CC(NC(=O)Cc1c[nH]c2ccccc12)C1CCCNC1. The first-order valence-electron chi connectivity index (χ1n) is 7.79. The first kappa shape index (κ1) is 14.1. The van der Waals surface area contributed by atoms with Gasteiger partial charge in [-0.2, -0.15) is 0 Å². The zero-order chi connectivity index (χ0) is 14.7. The number of carbonyl (C=O) groups excluding carboxylic acids is 1. The summed E-state index contributed by atoms with van der Waals surface area (Å²) in [6.45, 7) is 4.23. The fraction of sp³-hybridized carbons (Fsp3) is 0.471. The predicted molar refractivity (Wildman–Crippen MR) is 85.2 cm³/mol. The second kappa shape index (κ2) is 6.31. The maximum absolute atomic E-state index is 12.3. The highest BCUT2D eigenvalue weighted by atomic mass is 16.1. The van der Waals surface area contributed by atoms with E-state index in [4.69, 9.17) is 0 Å². The van der Waals surface area contributed by atoms with Crippen molar-refractivity contribution in [1.82, 2.24) is 15.6 Å². The van der Waals surface area contributed by atoms with Gasteiger partial charge in [0.05, 0.1) is 6.42 Å². The van der Waals surface area contributed by atoms with Gasteiger partial charge in [-0.1, -0.05) is 18.2 Å². The molecular formula is C17H23N3O. The number of rotatable bonds is 4. The van der Waals surface area contributed by atoms with Gasteiger partial charge in [-0.3, -0.25) is 4.79 Å². The minimum atomic E-state index is 0.109. The second-order valence-electron chi connectivity index (χ2n) is 6.00. The fourth-order valence-corrected chi connectivity index (χ4v) is 3.18. The summed E-state index contributed by atoms with van der Waals surface area (Å²) in [5.74, 6) is 0.656. The normalized spacial score (nSPS) is 20.3. The third-order valence-electron chi connectivity index (χ3n) is 4.46. The fourth-order valence-electron chi connectivity index (χ4n) is 3.18. The Morgan fingerprint density at radius 1 is 1.43 bits per heavy atom. The molecule has 2 atom stereocenters. The summed E-state index contributed by atoms with van der Waals surface area (Å²) >= 11 is 0. The predicted octanol–water partition coefficient (Wildman–Crippen LogP) is 2.21. The van der Waals surface area contributed by atoms with E-state index in [2.05, 4.69) is 28.6 Å². The molecule has 21 heavy (non-hydrogen) atoms. The molecule has 1 amide bonds. The lowest BCUT2D eigenvalue weighted by Gasteiger charge is -2.28. The van der Waals surface area contributed by atoms with Crippen molar-refractivity contribution in [2.75, 3.05) is 13.1 Å². The van der Waals surface area contributed by atoms with Crippen LogP contribution in [0.5, 0.6) is 0 Å². The molecule has 0 spiro atoms. The number of H-pyrrole nitrogens is 1. The molecule has 0 saturated carbocycles. The minimum absolute atomic E-state index is 0.109. The van der Waals surface area contributed by atoms with E-state index in [9.17, 15) is 4.79 Å². The van der Waals surface area contributed by atoms with Crippen LogP contribution < -0.4 is 10.6 Å². The van der Waals surface area contributed by atoms with Crippen molar-refractivity contribution in [2.45, 2.75) is 32.2 Å². The van der Waals surface area contributed by atoms with Gasteiger partial charge in [-0.15, -0.1) is 0 Å². The van der Waals surface area contributed by atoms with Crippen LogP contribution in [0.15, 0.2) is 30.5 Å². The Labute approximate surface area is 125 Å². The molecule has 1 aliphatic rings. The molecule has 2 aromatic rings. The van der Waals surface area contributed by atoms with E-state index in [0.717, 1.165) is 29.6 Å². The summed E-state index contributed by atoms with van der Waals surface area (Å²) in [5, 5.41) is 7.70. The molecule has 1 aromatic carbocycles. The van der Waals surface area contributed by atoms with Crippen LogP contribution in [0.1, 0.15) is 25.3 Å². The zero-order valence-electron chi connectivity index (χ0n) is 12.5. The molecular weight excluding hydrogens is 262 g/mol. The van der Waals surface area contributed by atoms with Gasteiger partial charge in [0.15, 0.2) is 0 Å². The molecule has 112 valence electrons. The number of carbonyl (C=O) groups is 1. The average molecular weight is 285 g/mol. The summed E-state index contributed by atoms with van der Waals surface area (Å²) in [4.78, 5) is 15.5. The van der Waals surface area contributed by atoms with Crippen LogP contribution in [0.4, 0.5) is 0 Å². The molecule has 1 saturated heterocycles. The number of para-hydroxylation sites is 1. The van der Waals surface area contributed by atoms with Crippen molar-refractivity contribution in [3.8, 4) is 0 Å². The molecule has 0 aliphatic carbocycles. The van der Waals surface area contributed by atoms with Gasteiger partial charge in [0.1, 0.15) is 0 Å². The van der Waals surface area contributed by atoms with Crippen molar-refractivity contribution in [1.29, 1.82) is 0 Å². The summed E-state index contributed by atoms with van der Waals surface area (Å²) in [5.41, 5.74) is 2.15. The zero-order valence-corrected chi connectivity index (χ0v) is 12.5. The van der Waals surface area contributed by atoms with E-state index < -0.39 is 0 Å². The van der Waals surface area contributed by atoms with Gasteiger partial charge in [-0.05, 0) is 50.4 Å². The number of aromatic nitrogens is 1. The number of hydrogen-bond acceptors (Lipinski definition) is 2. The molecule has 2 heterocycles. The standard InChI is InChI=1S/C17H23N3O/c1-12(13-5-4-8-18-10-13)20-17(21)9-14-11-19-16-7-3-2-6-15(14)16/h2-3,6-7,11-13,18-19H,4-5,8-10H2,1H3,(H,20,21). The van der Waals surface area contributed by atoms with Gasteiger partial charge in [0.2, 0.25) is 5.91 Å². The monoisotopic (exact) mass is 285 g/mol. The van der Waals surface area contributed by atoms with Crippen molar-refractivity contribution in [3.05, 3.63) is 36.0 Å². The van der Waals surface area contributed by atoms with Crippen LogP contribution in [0.25, 0.3) is 10.9 Å². The number of amides is 1. The highest BCUT2D eigenvalue weighted by Gasteiger charge is 2.21. The Morgan fingerprint density at radius 2 is 2.29 bits per heavy atom. The number of nitrogens with one attached hydrogen (secondary N) is 3. The average Bonchev–Trinajstić information content (AvgIpc) is 2.91. The molecule has 4 heteroatoms. The maximum Gasteiger partial charge on any atom is 0.224 e. The number of aromatic amines is 1. The van der Waals surface area contributed by atoms with Crippen molar-refractivity contribution < 1.29 is 4.79 Å². The maximum atomic E-state index is 12.3. The highest BCUT2D eigenvalue weighted by Crippen LogP contribution is 2.19. The van der Waals surface area contributed by atoms with Crippen LogP contribution in [-0.2, 0) is 11.2 Å². The molecule has 3 N–H and O–H groups in total. The van der Waals surface area contributed by atoms with Crippen LogP contribution >= 0.6 is 0 Å². The summed E-state index contributed by atoms with van der Waals surface area (Å²) in [7, 11) is 0. The van der Waals surface area contributed by atoms with Gasteiger partial charge in [0, 0.05) is 23.1 Å². The summed E-state index contributed by atoms with van der Waals surface area (Å²) in [6, 6.07) is 8.33. The Morgan fingerprint density at radius 3 is 3.10 bits per heavy atom. The van der Waals surface area contributed by atoms with E-state index in [0.29, 0.717) is 12.3 Å². The Hall–Kier alpha value is -1.81. The molecule has 3 rings (SSSR count). The second-order valence-corrected chi connectivity index (χ2v) is 6.00. The van der Waals surface area contributed by atoms with Crippen LogP contribution in [0, 0.1) is 5.92 Å². The summed E-state index contributed by atoms with van der Waals surface area (Å²) in [6.07, 6.45) is 4.78. The lowest BCUT2D eigenvalue weighted by Crippen LogP contribution is -2.45. The molecule has 1 fully saturated rings. The van der Waals surface area contributed by atoms with Gasteiger partial charge < -0.3 is 15.6 Å². The number of benzene rings is 1. The van der Waals surface area contributed by atoms with E-state index >= 15 is 0 Å². The quantitative estimate of drug-likeness (QED) is 0.806. The molecule has 1 aromatic heterocycles. The first-order chi connectivity index (χ1) is 10.2. The topological polar surface area (TPSA) is 56.9 Å². The van der Waals surface area contributed by atoms with Gasteiger partial charge in [0.25, 0.3) is 0 Å². The van der Waals surface area contributed by atoms with Crippen LogP contribution in [0.2, 0.25) is 0 Å².